The third kappa shape index (κ3) is 2.53. The van der Waals surface area contributed by atoms with Gasteiger partial charge in [0.1, 0.15) is 0 Å². The first-order valence-electron chi connectivity index (χ1n) is 4.23. The quantitative estimate of drug-likeness (QED) is 0.216. The zero-order valence-electron chi connectivity index (χ0n) is 8.36. The number of ketones is 1. The molecule has 0 saturated heterocycles. The fraction of sp³-hybridized carbons (Fsp3) is 0.100. The third-order valence-corrected chi connectivity index (χ3v) is 2.06. The average molecular weight is 240 g/mol. The van der Waals surface area contributed by atoms with Gasteiger partial charge in [-0.25, -0.2) is 4.79 Å². The highest BCUT2D eigenvalue weighted by atomic mass is 35.5. The van der Waals surface area contributed by atoms with E-state index in [9.17, 15) is 9.59 Å². The normalized spacial score (nSPS) is 9.12. The zero-order valence-corrected chi connectivity index (χ0v) is 9.12. The molecule has 0 aliphatic heterocycles. The van der Waals surface area contributed by atoms with Gasteiger partial charge in [0.05, 0.1) is 17.4 Å². The summed E-state index contributed by atoms with van der Waals surface area (Å²) in [4.78, 5) is 25.7. The summed E-state index contributed by atoms with van der Waals surface area (Å²) in [5.74, 6) is -1.60. The first-order valence-corrected chi connectivity index (χ1v) is 4.61. The van der Waals surface area contributed by atoms with E-state index in [2.05, 4.69) is 9.53 Å². The first-order chi connectivity index (χ1) is 7.60. The van der Waals surface area contributed by atoms with Crippen molar-refractivity contribution in [2.75, 3.05) is 7.11 Å². The maximum absolute atomic E-state index is 11.7. The predicted molar refractivity (Wildman–Crippen MR) is 55.8 cm³/mol. The van der Waals surface area contributed by atoms with Gasteiger partial charge in [-0.1, -0.05) is 11.6 Å². The standard InChI is InChI=1S/C10H8ClN2O3/c1-16-10(15)8(13-12)9(14)6-2-4-7(11)5-3-6/h2-5,12H,1H3/q+1. The number of hydrogen-bond donors (Lipinski definition) is 1. The van der Waals surface area contributed by atoms with Crippen molar-refractivity contribution in [2.45, 2.75) is 0 Å². The number of methoxy groups -OCH3 is 1. The summed E-state index contributed by atoms with van der Waals surface area (Å²) in [7, 11) is 1.11. The molecule has 0 unspecified atom stereocenters. The lowest BCUT2D eigenvalue weighted by Gasteiger charge is -1.95. The van der Waals surface area contributed by atoms with Crippen LogP contribution in [0.4, 0.5) is 0 Å². The first kappa shape index (κ1) is 12.1. The number of hydrogen-bond acceptors (Lipinski definition) is 4. The van der Waals surface area contributed by atoms with E-state index in [4.69, 9.17) is 17.1 Å². The Morgan fingerprint density at radius 3 is 2.31 bits per heavy atom. The monoisotopic (exact) mass is 239 g/mol. The van der Waals surface area contributed by atoms with Crippen molar-refractivity contribution in [1.82, 2.24) is 0 Å². The summed E-state index contributed by atoms with van der Waals surface area (Å²) in [6.07, 6.45) is 0. The molecule has 16 heavy (non-hydrogen) atoms. The van der Waals surface area contributed by atoms with Crippen LogP contribution in [0.15, 0.2) is 24.3 Å². The van der Waals surface area contributed by atoms with Gasteiger partial charge in [-0.15, -0.1) is 0 Å². The molecule has 0 aliphatic carbocycles. The van der Waals surface area contributed by atoms with Gasteiger partial charge in [-0.2, -0.15) is 0 Å². The van der Waals surface area contributed by atoms with E-state index in [1.807, 2.05) is 0 Å². The van der Waals surface area contributed by atoms with E-state index in [1.165, 1.54) is 24.3 Å². The molecule has 0 bridgehead atoms. The van der Waals surface area contributed by atoms with Gasteiger partial charge in [-0.05, 0) is 24.3 Å². The van der Waals surface area contributed by atoms with Gasteiger partial charge in [0, 0.05) is 10.6 Å². The molecule has 0 atom stereocenters. The molecule has 1 aromatic rings. The summed E-state index contributed by atoms with van der Waals surface area (Å²) in [5.41, 5.74) is 6.41. The Labute approximate surface area is 96.2 Å². The zero-order chi connectivity index (χ0) is 12.1. The second-order valence-corrected chi connectivity index (χ2v) is 3.22. The molecule has 82 valence electrons. The minimum Gasteiger partial charge on any atom is -0.460 e. The van der Waals surface area contributed by atoms with Crippen LogP contribution in [-0.4, -0.2) is 29.4 Å². The molecule has 0 aliphatic rings. The number of benzene rings is 1. The second kappa shape index (κ2) is 5.21. The molecule has 1 rings (SSSR count). The van der Waals surface area contributed by atoms with Crippen LogP contribution in [0.3, 0.4) is 0 Å². The lowest BCUT2D eigenvalue weighted by atomic mass is 10.1. The van der Waals surface area contributed by atoms with Crippen molar-refractivity contribution in [3.63, 3.8) is 0 Å². The Hall–Kier alpha value is -1.97. The summed E-state index contributed by atoms with van der Waals surface area (Å²) in [5, 5.41) is 0.471. The number of nitrogens with one attached hydrogen (secondary N) is 1. The minimum absolute atomic E-state index is 0.223. The van der Waals surface area contributed by atoms with Gasteiger partial charge >= 0.3 is 11.7 Å². The Bertz CT molecular complexity index is 475. The molecular weight excluding hydrogens is 232 g/mol. The number of carbonyl (C=O) groups excluding carboxylic acids is 2. The predicted octanol–water partition coefficient (Wildman–Crippen LogP) is 1.38. The Morgan fingerprint density at radius 1 is 1.31 bits per heavy atom. The van der Waals surface area contributed by atoms with E-state index in [0.717, 1.165) is 7.11 Å². The number of Topliss-reactive ketones (excluding diaryl/α,β-unsaturated/α-hetero) is 1. The highest BCUT2D eigenvalue weighted by Crippen LogP contribution is 2.10. The largest absolute Gasteiger partial charge is 0.495 e. The van der Waals surface area contributed by atoms with Crippen LogP contribution < -0.4 is 0 Å². The number of esters is 1. The van der Waals surface area contributed by atoms with E-state index < -0.39 is 17.5 Å². The smallest absolute Gasteiger partial charge is 0.460 e. The van der Waals surface area contributed by atoms with Crippen molar-refractivity contribution < 1.29 is 19.1 Å². The molecule has 0 spiro atoms. The summed E-state index contributed by atoms with van der Waals surface area (Å²) < 4.78 is 4.33. The van der Waals surface area contributed by atoms with Crippen LogP contribution in [0.25, 0.3) is 0 Å². The average Bonchev–Trinajstić information content (AvgIpc) is 2.30. The fourth-order valence-electron chi connectivity index (χ4n) is 1.02. The van der Waals surface area contributed by atoms with Crippen LogP contribution in [0.2, 0.25) is 5.02 Å². The molecule has 0 heterocycles. The van der Waals surface area contributed by atoms with Crippen molar-refractivity contribution in [3.05, 3.63) is 34.9 Å². The molecule has 0 amide bonds. The van der Waals surface area contributed by atoms with E-state index >= 15 is 0 Å². The molecule has 0 fully saturated rings. The van der Waals surface area contributed by atoms with Crippen molar-refractivity contribution >= 4 is 29.1 Å². The van der Waals surface area contributed by atoms with Crippen molar-refractivity contribution in [1.29, 1.82) is 5.53 Å². The highest BCUT2D eigenvalue weighted by molar-refractivity contribution is 6.65. The van der Waals surface area contributed by atoms with Crippen molar-refractivity contribution in [2.24, 2.45) is 0 Å². The Kier molecular flexibility index (Phi) is 3.94. The van der Waals surface area contributed by atoms with Gasteiger partial charge in [-0.3, -0.25) is 4.79 Å². The van der Waals surface area contributed by atoms with Crippen LogP contribution in [0.1, 0.15) is 10.4 Å². The van der Waals surface area contributed by atoms with Gasteiger partial charge < -0.3 is 4.74 Å². The molecule has 6 heteroatoms. The molecule has 0 saturated carbocycles. The summed E-state index contributed by atoms with van der Waals surface area (Å²) >= 11 is 5.65. The SMILES string of the molecule is COC(=O)C(=[N+]=N)C(=O)c1ccc(Cl)cc1. The molecule has 1 aromatic carbocycles. The fourth-order valence-corrected chi connectivity index (χ4v) is 1.15. The van der Waals surface area contributed by atoms with Crippen LogP contribution in [-0.2, 0) is 9.53 Å². The maximum Gasteiger partial charge on any atom is 0.495 e. The van der Waals surface area contributed by atoms with Crippen LogP contribution >= 0.6 is 11.6 Å². The summed E-state index contributed by atoms with van der Waals surface area (Å²) in [6, 6.07) is 5.90. The third-order valence-electron chi connectivity index (χ3n) is 1.81. The van der Waals surface area contributed by atoms with E-state index in [0.29, 0.717) is 5.02 Å². The van der Waals surface area contributed by atoms with Crippen LogP contribution in [0.5, 0.6) is 0 Å². The number of carbonyl (C=O) groups is 2. The maximum atomic E-state index is 11.7. The molecular formula is C10H8ClN2O3+. The molecule has 1 N–H and O–H groups in total. The summed E-state index contributed by atoms with van der Waals surface area (Å²) in [6.45, 7) is 0. The lowest BCUT2D eigenvalue weighted by Crippen LogP contribution is -2.26. The molecule has 0 aromatic heterocycles. The number of rotatable bonds is 3. The number of ether oxygens (including phenoxy) is 1. The Balaban J connectivity index is 3.06. The van der Waals surface area contributed by atoms with Crippen LogP contribution in [0, 0.1) is 5.53 Å². The van der Waals surface area contributed by atoms with Crippen molar-refractivity contribution in [3.8, 4) is 0 Å². The lowest BCUT2D eigenvalue weighted by molar-refractivity contribution is -0.149. The van der Waals surface area contributed by atoms with E-state index in [-0.39, 0.29) is 5.56 Å². The number of halogens is 1. The van der Waals surface area contributed by atoms with E-state index in [1.54, 1.807) is 0 Å². The molecule has 0 radical (unpaired) electrons. The topological polar surface area (TPSA) is 81.3 Å². The Morgan fingerprint density at radius 2 is 1.88 bits per heavy atom. The number of nitrogens with zero attached hydrogens (tertiary/aromatic N) is 1. The van der Waals surface area contributed by atoms with Gasteiger partial charge in [0.25, 0.3) is 5.78 Å². The highest BCUT2D eigenvalue weighted by Gasteiger charge is 2.34. The van der Waals surface area contributed by atoms with Gasteiger partial charge in [0.2, 0.25) is 0 Å². The van der Waals surface area contributed by atoms with Gasteiger partial charge in [0.15, 0.2) is 0 Å². The second-order valence-electron chi connectivity index (χ2n) is 2.79. The minimum atomic E-state index is -0.935. The molecule has 5 nitrogen and oxygen atoms in total.